The summed E-state index contributed by atoms with van der Waals surface area (Å²) in [4.78, 5) is 33.6. The van der Waals surface area contributed by atoms with Crippen LogP contribution >= 0.6 is 0 Å². The molecule has 0 spiro atoms. The lowest BCUT2D eigenvalue weighted by Crippen LogP contribution is -2.36. The van der Waals surface area contributed by atoms with Crippen molar-refractivity contribution in [2.75, 3.05) is 62.4 Å². The van der Waals surface area contributed by atoms with Gasteiger partial charge in [-0.1, -0.05) is 0 Å². The van der Waals surface area contributed by atoms with Crippen LogP contribution < -0.4 is 20.7 Å². The molecule has 11 nitrogen and oxygen atoms in total. The number of pyridine rings is 1. The zero-order valence-corrected chi connectivity index (χ0v) is 22.0. The molecule has 11 heteroatoms. The van der Waals surface area contributed by atoms with E-state index in [0.717, 1.165) is 37.6 Å². The summed E-state index contributed by atoms with van der Waals surface area (Å²) >= 11 is 0. The smallest absolute Gasteiger partial charge is 0.271 e. The highest BCUT2D eigenvalue weighted by atomic mass is 16.5. The van der Waals surface area contributed by atoms with E-state index in [4.69, 9.17) is 9.47 Å². The highest BCUT2D eigenvalue weighted by molar-refractivity contribution is 5.96. The van der Waals surface area contributed by atoms with E-state index in [0.29, 0.717) is 48.7 Å². The lowest BCUT2D eigenvalue weighted by Gasteiger charge is -2.28. The van der Waals surface area contributed by atoms with Crippen molar-refractivity contribution in [3.8, 4) is 0 Å². The molecule has 1 aromatic heterocycles. The average molecular weight is 542 g/mol. The number of carbonyl (C=O) groups excluding carboxylic acids is 2. The van der Waals surface area contributed by atoms with Crippen molar-refractivity contribution in [3.05, 3.63) is 89.2 Å². The van der Waals surface area contributed by atoms with Gasteiger partial charge < -0.3 is 19.3 Å². The molecule has 5 rings (SSSR count). The van der Waals surface area contributed by atoms with Crippen molar-refractivity contribution in [2.45, 2.75) is 0 Å². The van der Waals surface area contributed by atoms with Gasteiger partial charge in [-0.05, 0) is 54.6 Å². The van der Waals surface area contributed by atoms with Gasteiger partial charge in [0.1, 0.15) is 0 Å². The lowest BCUT2D eigenvalue weighted by atomic mass is 10.2. The van der Waals surface area contributed by atoms with Crippen molar-refractivity contribution in [1.29, 1.82) is 0 Å². The quantitative estimate of drug-likeness (QED) is 0.332. The highest BCUT2D eigenvalue weighted by Crippen LogP contribution is 2.17. The number of morpholine rings is 2. The molecule has 0 aliphatic carbocycles. The summed E-state index contributed by atoms with van der Waals surface area (Å²) in [5.41, 5.74) is 9.55. The predicted octanol–water partition coefficient (Wildman–Crippen LogP) is 2.28. The maximum absolute atomic E-state index is 12.5. The third-order valence-electron chi connectivity index (χ3n) is 6.55. The van der Waals surface area contributed by atoms with Crippen LogP contribution in [0, 0.1) is 0 Å². The van der Waals surface area contributed by atoms with Gasteiger partial charge in [-0.2, -0.15) is 10.2 Å². The van der Waals surface area contributed by atoms with Crippen molar-refractivity contribution < 1.29 is 19.1 Å². The topological polar surface area (TPSA) is 121 Å². The molecule has 0 saturated carbocycles. The van der Waals surface area contributed by atoms with Gasteiger partial charge in [0.05, 0.1) is 38.9 Å². The molecule has 0 bridgehead atoms. The Bertz CT molecular complexity index is 1250. The number of aromatic nitrogens is 1. The molecule has 2 fully saturated rings. The van der Waals surface area contributed by atoms with Crippen molar-refractivity contribution in [3.63, 3.8) is 0 Å². The van der Waals surface area contributed by atoms with Crippen LogP contribution in [0.4, 0.5) is 11.4 Å². The van der Waals surface area contributed by atoms with E-state index >= 15 is 0 Å². The van der Waals surface area contributed by atoms with Gasteiger partial charge >= 0.3 is 0 Å². The summed E-state index contributed by atoms with van der Waals surface area (Å²) < 4.78 is 10.8. The summed E-state index contributed by atoms with van der Waals surface area (Å²) in [6, 6.07) is 16.6. The van der Waals surface area contributed by atoms with E-state index in [1.165, 1.54) is 12.4 Å². The number of hydrazone groups is 2. The molecular formula is C29H31N7O4. The van der Waals surface area contributed by atoms with E-state index in [1.54, 1.807) is 42.7 Å². The number of carbonyl (C=O) groups is 2. The predicted molar refractivity (Wildman–Crippen MR) is 153 cm³/mol. The Labute approximate surface area is 232 Å². The summed E-state index contributed by atoms with van der Waals surface area (Å²) in [6.07, 6.45) is 6.22. The fourth-order valence-corrected chi connectivity index (χ4v) is 4.37. The highest BCUT2D eigenvalue weighted by Gasteiger charge is 2.13. The first kappa shape index (κ1) is 27.0. The molecule has 2 saturated heterocycles. The van der Waals surface area contributed by atoms with E-state index in [-0.39, 0.29) is 11.8 Å². The second-order valence-electron chi connectivity index (χ2n) is 9.24. The van der Waals surface area contributed by atoms with Crippen LogP contribution in [0.5, 0.6) is 0 Å². The Hall–Kier alpha value is -4.61. The number of anilines is 2. The van der Waals surface area contributed by atoms with Gasteiger partial charge in [-0.15, -0.1) is 0 Å². The van der Waals surface area contributed by atoms with E-state index in [9.17, 15) is 9.59 Å². The van der Waals surface area contributed by atoms with Gasteiger partial charge in [0.15, 0.2) is 0 Å². The molecule has 2 aromatic carbocycles. The van der Waals surface area contributed by atoms with Crippen molar-refractivity contribution in [1.82, 2.24) is 15.8 Å². The maximum Gasteiger partial charge on any atom is 0.271 e. The first-order chi connectivity index (χ1) is 19.7. The van der Waals surface area contributed by atoms with E-state index < -0.39 is 0 Å². The van der Waals surface area contributed by atoms with Crippen LogP contribution in [-0.2, 0) is 9.47 Å². The van der Waals surface area contributed by atoms with Crippen LogP contribution in [0.15, 0.2) is 77.2 Å². The standard InChI is InChI=1S/C29H31N7O4/c37-28(24-1-5-26(6-2-24)35-9-13-39-14-10-35)33-31-20-22-17-23(19-30-18-22)21-32-34-29(38)25-3-7-27(8-4-25)36-11-15-40-16-12-36/h1-8,17-21H,9-16H2,(H,33,37)(H,34,38)/b31-20+,32-21+. The molecule has 2 N–H and O–H groups in total. The number of hydrogen-bond acceptors (Lipinski definition) is 9. The van der Waals surface area contributed by atoms with Crippen molar-refractivity contribution in [2.24, 2.45) is 10.2 Å². The molecule has 206 valence electrons. The van der Waals surface area contributed by atoms with Crippen molar-refractivity contribution >= 4 is 35.6 Å². The minimum atomic E-state index is -0.309. The Morgan fingerprint density at radius 1 is 0.675 bits per heavy atom. The molecule has 0 radical (unpaired) electrons. The number of benzene rings is 2. The number of ether oxygens (including phenoxy) is 2. The minimum absolute atomic E-state index is 0.309. The summed E-state index contributed by atoms with van der Waals surface area (Å²) in [5, 5.41) is 8.09. The zero-order chi connectivity index (χ0) is 27.6. The number of nitrogens with one attached hydrogen (secondary N) is 2. The van der Waals surface area contributed by atoms with Crippen LogP contribution in [0.2, 0.25) is 0 Å². The summed E-state index contributed by atoms with van der Waals surface area (Å²) in [7, 11) is 0. The first-order valence-electron chi connectivity index (χ1n) is 13.1. The van der Waals surface area contributed by atoms with Crippen LogP contribution in [0.1, 0.15) is 31.8 Å². The van der Waals surface area contributed by atoms with Crippen LogP contribution in [-0.4, -0.2) is 81.8 Å². The number of nitrogens with zero attached hydrogens (tertiary/aromatic N) is 5. The Morgan fingerprint density at radius 2 is 1.07 bits per heavy atom. The minimum Gasteiger partial charge on any atom is -0.378 e. The second-order valence-corrected chi connectivity index (χ2v) is 9.24. The Balaban J connectivity index is 1.10. The normalized spacial score (nSPS) is 15.9. The molecule has 2 aliphatic heterocycles. The zero-order valence-electron chi connectivity index (χ0n) is 22.0. The van der Waals surface area contributed by atoms with E-state index in [1.807, 2.05) is 24.3 Å². The Kier molecular flexibility index (Phi) is 9.07. The third-order valence-corrected chi connectivity index (χ3v) is 6.55. The first-order valence-corrected chi connectivity index (χ1v) is 13.1. The molecule has 40 heavy (non-hydrogen) atoms. The summed E-state index contributed by atoms with van der Waals surface area (Å²) in [6.45, 7) is 6.17. The Morgan fingerprint density at radius 3 is 1.48 bits per heavy atom. The second kappa shape index (κ2) is 13.5. The van der Waals surface area contributed by atoms with Gasteiger partial charge in [0.2, 0.25) is 0 Å². The fourth-order valence-electron chi connectivity index (χ4n) is 4.37. The number of amides is 2. The number of rotatable bonds is 8. The lowest BCUT2D eigenvalue weighted by molar-refractivity contribution is 0.0947. The van der Waals surface area contributed by atoms with Gasteiger partial charge in [-0.25, -0.2) is 10.9 Å². The SMILES string of the molecule is O=C(N/N=C/c1cncc(/C=N/NC(=O)c2ccc(N3CCOCC3)cc2)c1)c1ccc(N2CCOCC2)cc1. The molecule has 3 heterocycles. The van der Waals surface area contributed by atoms with Gasteiger partial charge in [0.25, 0.3) is 11.8 Å². The average Bonchev–Trinajstić information content (AvgIpc) is 3.02. The number of hydrogen-bond donors (Lipinski definition) is 2. The van der Waals surface area contributed by atoms with E-state index in [2.05, 4.69) is 35.8 Å². The van der Waals surface area contributed by atoms with Crippen LogP contribution in [0.25, 0.3) is 0 Å². The van der Waals surface area contributed by atoms with Gasteiger partial charge in [0, 0.05) is 72.2 Å². The monoisotopic (exact) mass is 541 g/mol. The largest absolute Gasteiger partial charge is 0.378 e. The molecular weight excluding hydrogens is 510 g/mol. The molecule has 2 aliphatic rings. The molecule has 3 aromatic rings. The van der Waals surface area contributed by atoms with Gasteiger partial charge in [-0.3, -0.25) is 14.6 Å². The molecule has 0 unspecified atom stereocenters. The third kappa shape index (κ3) is 7.28. The molecule has 2 amide bonds. The maximum atomic E-state index is 12.5. The fraction of sp³-hybridized carbons (Fsp3) is 0.276. The van der Waals surface area contributed by atoms with Crippen LogP contribution in [0.3, 0.4) is 0 Å². The molecule has 0 atom stereocenters. The summed E-state index contributed by atoms with van der Waals surface area (Å²) in [5.74, 6) is -0.618.